The van der Waals surface area contributed by atoms with Gasteiger partial charge in [-0.15, -0.1) is 6.42 Å². The topological polar surface area (TPSA) is 88.2 Å². The van der Waals surface area contributed by atoms with E-state index in [2.05, 4.69) is 127 Å². The van der Waals surface area contributed by atoms with Crippen LogP contribution < -0.4 is 16.2 Å². The summed E-state index contributed by atoms with van der Waals surface area (Å²) >= 11 is 0. The van der Waals surface area contributed by atoms with Gasteiger partial charge < -0.3 is 10.1 Å². The summed E-state index contributed by atoms with van der Waals surface area (Å²) in [6, 6.07) is 5.40. The van der Waals surface area contributed by atoms with Crippen molar-refractivity contribution in [3.8, 4) is 107 Å². The first-order chi connectivity index (χ1) is 19.9. The third-order valence-corrected chi connectivity index (χ3v) is 3.93. The lowest BCUT2D eigenvalue weighted by Crippen LogP contribution is -2.40. The van der Waals surface area contributed by atoms with Crippen LogP contribution in [0.2, 0.25) is 0 Å². The standard InChI is InChI=1S/C31H14F3N5O2/c1-2-3-4-5-6-7-8-9-10-11-12-13-14-15-16-19-24-41-25-20-23-35-30(40)39-38-28-26-21-17-18-22-27(26)36-29(37-28)31(32,33)34/h1,17-18,21-22H,20,23,25H2,(H2,35,39,40)(H,36,37,38). The third kappa shape index (κ3) is 12.9. The molecule has 0 saturated heterocycles. The van der Waals surface area contributed by atoms with Gasteiger partial charge >= 0.3 is 12.2 Å². The molecule has 2 aromatic rings. The van der Waals surface area contributed by atoms with Crippen molar-refractivity contribution in [1.82, 2.24) is 20.7 Å². The Balaban J connectivity index is 1.67. The summed E-state index contributed by atoms with van der Waals surface area (Å²) in [5.74, 6) is 37.2. The van der Waals surface area contributed by atoms with Gasteiger partial charge in [0.05, 0.1) is 5.52 Å². The maximum Gasteiger partial charge on any atom is 0.451 e. The predicted molar refractivity (Wildman–Crippen MR) is 146 cm³/mol. The SMILES string of the molecule is C#CC#CC#CC#CC#CC#CC#CC#CC#COCCCNC(=O)NNc1nc(C(F)(F)F)nc2ccccc12. The van der Waals surface area contributed by atoms with E-state index in [1.807, 2.05) is 0 Å². The van der Waals surface area contributed by atoms with E-state index in [1.54, 1.807) is 12.1 Å². The highest BCUT2D eigenvalue weighted by Crippen LogP contribution is 2.29. The van der Waals surface area contributed by atoms with Crippen LogP contribution in [-0.4, -0.2) is 29.2 Å². The Bertz CT molecular complexity index is 1850. The first-order valence-electron chi connectivity index (χ1n) is 11.1. The number of carbonyl (C=O) groups excluding carboxylic acids is 1. The summed E-state index contributed by atoms with van der Waals surface area (Å²) in [5.41, 5.74) is 4.70. The second-order valence-corrected chi connectivity index (χ2v) is 6.74. The van der Waals surface area contributed by atoms with Crippen LogP contribution >= 0.6 is 0 Å². The number of nitrogens with one attached hydrogen (secondary N) is 3. The number of amides is 2. The lowest BCUT2D eigenvalue weighted by atomic mass is 10.2. The Kier molecular flexibility index (Phi) is 13.1. The quantitative estimate of drug-likeness (QED) is 0.295. The Labute approximate surface area is 234 Å². The van der Waals surface area contributed by atoms with Crippen LogP contribution in [0.3, 0.4) is 0 Å². The zero-order chi connectivity index (χ0) is 29.6. The van der Waals surface area contributed by atoms with E-state index in [-0.39, 0.29) is 24.5 Å². The monoisotopic (exact) mass is 545 g/mol. The third-order valence-electron chi connectivity index (χ3n) is 3.93. The van der Waals surface area contributed by atoms with Crippen molar-refractivity contribution in [2.75, 3.05) is 18.6 Å². The van der Waals surface area contributed by atoms with E-state index in [0.717, 1.165) is 0 Å². The molecule has 0 unspecified atom stereocenters. The maximum atomic E-state index is 13.1. The molecule has 0 aliphatic rings. The Morgan fingerprint density at radius 2 is 1.39 bits per heavy atom. The number of rotatable bonds is 6. The summed E-state index contributed by atoms with van der Waals surface area (Å²) in [6.07, 6.45) is 2.94. The summed E-state index contributed by atoms with van der Waals surface area (Å²) in [6.45, 7) is 0.392. The summed E-state index contributed by atoms with van der Waals surface area (Å²) in [7, 11) is 0. The maximum absolute atomic E-state index is 13.1. The smallest absolute Gasteiger partial charge is 0.446 e. The van der Waals surface area contributed by atoms with Crippen molar-refractivity contribution in [2.24, 2.45) is 0 Å². The molecule has 10 heteroatoms. The minimum absolute atomic E-state index is 0.0718. The van der Waals surface area contributed by atoms with E-state index in [1.165, 1.54) is 12.1 Å². The zero-order valence-corrected chi connectivity index (χ0v) is 20.9. The number of fused-ring (bicyclic) bond motifs is 1. The summed E-state index contributed by atoms with van der Waals surface area (Å²) in [5, 5.41) is 2.81. The number of para-hydroxylation sites is 1. The molecule has 196 valence electrons. The average molecular weight is 545 g/mol. The summed E-state index contributed by atoms with van der Waals surface area (Å²) in [4.78, 5) is 18.9. The lowest BCUT2D eigenvalue weighted by molar-refractivity contribution is -0.144. The van der Waals surface area contributed by atoms with Crippen LogP contribution in [0.1, 0.15) is 12.2 Å². The number of nitrogens with zero attached hydrogens (tertiary/aromatic N) is 2. The molecule has 7 nitrogen and oxygen atoms in total. The second kappa shape index (κ2) is 17.7. The fraction of sp³-hybridized carbons (Fsp3) is 0.129. The van der Waals surface area contributed by atoms with Gasteiger partial charge in [0.1, 0.15) is 12.7 Å². The number of ether oxygens (including phenoxy) is 1. The largest absolute Gasteiger partial charge is 0.451 e. The number of benzene rings is 1. The van der Waals surface area contributed by atoms with E-state index in [4.69, 9.17) is 11.2 Å². The van der Waals surface area contributed by atoms with Crippen LogP contribution in [-0.2, 0) is 10.9 Å². The zero-order valence-electron chi connectivity index (χ0n) is 20.9. The number of hydrogen-bond acceptors (Lipinski definition) is 5. The van der Waals surface area contributed by atoms with Crippen LogP contribution in [0.5, 0.6) is 0 Å². The Morgan fingerprint density at radius 3 is 1.98 bits per heavy atom. The van der Waals surface area contributed by atoms with E-state index < -0.39 is 18.0 Å². The molecule has 1 aromatic carbocycles. The number of aromatic nitrogens is 2. The summed E-state index contributed by atoms with van der Waals surface area (Å²) < 4.78 is 44.3. The molecule has 0 bridgehead atoms. The molecule has 3 N–H and O–H groups in total. The first kappa shape index (κ1) is 30.5. The highest BCUT2D eigenvalue weighted by atomic mass is 19.4. The molecule has 1 heterocycles. The van der Waals surface area contributed by atoms with Crippen LogP contribution in [0.15, 0.2) is 24.3 Å². The van der Waals surface area contributed by atoms with Crippen molar-refractivity contribution >= 4 is 22.8 Å². The van der Waals surface area contributed by atoms with Crippen molar-refractivity contribution in [3.63, 3.8) is 0 Å². The van der Waals surface area contributed by atoms with E-state index >= 15 is 0 Å². The fourth-order valence-electron chi connectivity index (χ4n) is 2.36. The molecule has 0 spiro atoms. The number of halogens is 3. The molecule has 41 heavy (non-hydrogen) atoms. The molecule has 0 saturated carbocycles. The number of terminal acetylenes is 1. The molecule has 2 amide bonds. The minimum Gasteiger partial charge on any atom is -0.446 e. The van der Waals surface area contributed by atoms with Gasteiger partial charge in [0, 0.05) is 59.3 Å². The number of hydrogen-bond donors (Lipinski definition) is 3. The lowest BCUT2D eigenvalue weighted by Gasteiger charge is -2.13. The Hall–Kier alpha value is -6.74. The van der Waals surface area contributed by atoms with Crippen LogP contribution in [0, 0.1) is 107 Å². The van der Waals surface area contributed by atoms with Gasteiger partial charge in [-0.1, -0.05) is 12.1 Å². The van der Waals surface area contributed by atoms with Gasteiger partial charge in [-0.05, 0) is 65.9 Å². The molecule has 2 rings (SSSR count). The fourth-order valence-corrected chi connectivity index (χ4v) is 2.36. The van der Waals surface area contributed by atoms with Crippen molar-refractivity contribution < 1.29 is 22.7 Å². The normalized spacial score (nSPS) is 8.15. The highest BCUT2D eigenvalue weighted by Gasteiger charge is 2.35. The number of hydrazine groups is 1. The minimum atomic E-state index is -4.75. The molecule has 0 fully saturated rings. The van der Waals surface area contributed by atoms with Gasteiger partial charge in [0.2, 0.25) is 5.82 Å². The highest BCUT2D eigenvalue weighted by molar-refractivity contribution is 5.89. The first-order valence-corrected chi connectivity index (χ1v) is 11.1. The van der Waals surface area contributed by atoms with Crippen LogP contribution in [0.4, 0.5) is 23.8 Å². The number of alkyl halides is 3. The van der Waals surface area contributed by atoms with E-state index in [0.29, 0.717) is 11.8 Å². The molecule has 0 aliphatic carbocycles. The van der Waals surface area contributed by atoms with Crippen molar-refractivity contribution in [1.29, 1.82) is 0 Å². The van der Waals surface area contributed by atoms with Crippen molar-refractivity contribution in [2.45, 2.75) is 12.6 Å². The van der Waals surface area contributed by atoms with Crippen molar-refractivity contribution in [3.05, 3.63) is 30.1 Å². The van der Waals surface area contributed by atoms with Crippen LogP contribution in [0.25, 0.3) is 10.9 Å². The predicted octanol–water partition coefficient (Wildman–Crippen LogP) is 2.30. The number of carbonyl (C=O) groups is 1. The molecule has 0 atom stereocenters. The number of anilines is 1. The number of urea groups is 1. The average Bonchev–Trinajstić information content (AvgIpc) is 2.96. The van der Waals surface area contributed by atoms with E-state index in [9.17, 15) is 18.0 Å². The molecule has 0 aliphatic heterocycles. The molecule has 1 aromatic heterocycles. The second-order valence-electron chi connectivity index (χ2n) is 6.74. The van der Waals surface area contributed by atoms with Gasteiger partial charge in [-0.25, -0.2) is 14.8 Å². The van der Waals surface area contributed by atoms with Gasteiger partial charge in [0.25, 0.3) is 0 Å². The van der Waals surface area contributed by atoms with Gasteiger partial charge in [-0.3, -0.25) is 10.9 Å². The molecular formula is C31H14F3N5O2. The Morgan fingerprint density at radius 1 is 0.829 bits per heavy atom. The van der Waals surface area contributed by atoms with Gasteiger partial charge in [-0.2, -0.15) is 13.2 Å². The molecule has 0 radical (unpaired) electrons. The van der Waals surface area contributed by atoms with Gasteiger partial charge in [0.15, 0.2) is 5.82 Å². The molecular weight excluding hydrogens is 531 g/mol.